The summed E-state index contributed by atoms with van der Waals surface area (Å²) >= 11 is 0. The molecule has 0 radical (unpaired) electrons. The summed E-state index contributed by atoms with van der Waals surface area (Å²) in [4.78, 5) is 17.8. The fourth-order valence-corrected chi connectivity index (χ4v) is 2.03. The topological polar surface area (TPSA) is 107 Å². The van der Waals surface area contributed by atoms with Crippen molar-refractivity contribution in [3.05, 3.63) is 16.3 Å². The number of anilines is 2. The van der Waals surface area contributed by atoms with Crippen LogP contribution in [0.4, 0.5) is 17.5 Å². The van der Waals surface area contributed by atoms with Gasteiger partial charge in [-0.15, -0.1) is 0 Å². The molecule has 0 atom stereocenters. The molecular formula is C10H15N5O2. The molecule has 2 rings (SSSR count). The van der Waals surface area contributed by atoms with E-state index in [1.807, 2.05) is 0 Å². The van der Waals surface area contributed by atoms with E-state index >= 15 is 0 Å². The van der Waals surface area contributed by atoms with Crippen LogP contribution >= 0.6 is 0 Å². The lowest BCUT2D eigenvalue weighted by Crippen LogP contribution is -2.23. The van der Waals surface area contributed by atoms with Crippen LogP contribution in [0.1, 0.15) is 32.1 Å². The third-order valence-electron chi connectivity index (χ3n) is 2.93. The number of nitrogens with one attached hydrogen (secondary N) is 1. The van der Waals surface area contributed by atoms with Gasteiger partial charge >= 0.3 is 5.69 Å². The molecule has 0 aromatic carbocycles. The zero-order valence-corrected chi connectivity index (χ0v) is 9.43. The minimum Gasteiger partial charge on any atom is -0.378 e. The second kappa shape index (κ2) is 4.94. The quantitative estimate of drug-likeness (QED) is 0.612. The Kier molecular flexibility index (Phi) is 3.36. The average molecular weight is 237 g/mol. The summed E-state index contributed by atoms with van der Waals surface area (Å²) < 4.78 is 0. The van der Waals surface area contributed by atoms with Crippen molar-refractivity contribution in [2.24, 2.45) is 0 Å². The molecule has 0 saturated heterocycles. The van der Waals surface area contributed by atoms with Gasteiger partial charge in [0.15, 0.2) is 0 Å². The number of aromatic nitrogens is 2. The van der Waals surface area contributed by atoms with Crippen molar-refractivity contribution in [1.29, 1.82) is 0 Å². The molecule has 7 nitrogen and oxygen atoms in total. The van der Waals surface area contributed by atoms with Gasteiger partial charge in [0.2, 0.25) is 11.8 Å². The van der Waals surface area contributed by atoms with Crippen LogP contribution in [0.3, 0.4) is 0 Å². The minimum absolute atomic E-state index is 0.0942. The number of nitrogens with two attached hydrogens (primary N) is 1. The zero-order chi connectivity index (χ0) is 12.3. The number of rotatable bonds is 3. The lowest BCUT2D eigenvalue weighted by atomic mass is 9.96. The van der Waals surface area contributed by atoms with E-state index in [0.29, 0.717) is 12.0 Å². The predicted octanol–water partition coefficient (Wildman–Crippen LogP) is 1.71. The summed E-state index contributed by atoms with van der Waals surface area (Å²) in [7, 11) is 0. The molecule has 0 aliphatic heterocycles. The Morgan fingerprint density at radius 2 is 2.12 bits per heavy atom. The summed E-state index contributed by atoms with van der Waals surface area (Å²) in [5.74, 6) is 0.281. The summed E-state index contributed by atoms with van der Waals surface area (Å²) in [6.45, 7) is 0. The molecule has 1 aliphatic carbocycles. The highest BCUT2D eigenvalue weighted by atomic mass is 16.6. The molecule has 1 aliphatic rings. The maximum atomic E-state index is 10.5. The van der Waals surface area contributed by atoms with E-state index in [0.717, 1.165) is 19.0 Å². The van der Waals surface area contributed by atoms with Gasteiger partial charge in [-0.3, -0.25) is 10.1 Å². The predicted molar refractivity (Wildman–Crippen MR) is 63.6 cm³/mol. The van der Waals surface area contributed by atoms with Crippen molar-refractivity contribution in [2.75, 3.05) is 11.1 Å². The molecule has 17 heavy (non-hydrogen) atoms. The molecule has 0 amide bonds. The Balaban J connectivity index is 2.06. The molecule has 0 bridgehead atoms. The maximum Gasteiger partial charge on any atom is 0.329 e. The molecule has 1 aromatic heterocycles. The first-order chi connectivity index (χ1) is 8.16. The van der Waals surface area contributed by atoms with E-state index in [9.17, 15) is 10.1 Å². The number of nitrogen functional groups attached to an aromatic ring is 1. The highest BCUT2D eigenvalue weighted by Gasteiger charge is 2.17. The van der Waals surface area contributed by atoms with E-state index < -0.39 is 4.92 Å². The third-order valence-corrected chi connectivity index (χ3v) is 2.93. The summed E-state index contributed by atoms with van der Waals surface area (Å²) in [5.41, 5.74) is 5.24. The molecule has 0 spiro atoms. The molecule has 3 N–H and O–H groups in total. The number of hydrogen-bond acceptors (Lipinski definition) is 6. The summed E-state index contributed by atoms with van der Waals surface area (Å²) in [6, 6.07) is 0.351. The van der Waals surface area contributed by atoms with Gasteiger partial charge in [-0.1, -0.05) is 19.3 Å². The first kappa shape index (κ1) is 11.6. The maximum absolute atomic E-state index is 10.5. The second-order valence-corrected chi connectivity index (χ2v) is 4.20. The van der Waals surface area contributed by atoms with Crippen LogP contribution in [0.15, 0.2) is 6.20 Å². The number of hydrogen-bond donors (Lipinski definition) is 2. The SMILES string of the molecule is Nc1nc(NC2CCCCC2)ncc1[N+](=O)[O-]. The van der Waals surface area contributed by atoms with Crippen molar-refractivity contribution in [3.8, 4) is 0 Å². The van der Waals surface area contributed by atoms with Crippen LogP contribution in [-0.2, 0) is 0 Å². The highest BCUT2D eigenvalue weighted by molar-refractivity contribution is 5.53. The van der Waals surface area contributed by atoms with Crippen LogP contribution in [0, 0.1) is 10.1 Å². The van der Waals surface area contributed by atoms with Gasteiger partial charge in [-0.05, 0) is 12.8 Å². The van der Waals surface area contributed by atoms with Crippen LogP contribution < -0.4 is 11.1 Å². The van der Waals surface area contributed by atoms with Gasteiger partial charge in [-0.25, -0.2) is 4.98 Å². The van der Waals surface area contributed by atoms with Crippen molar-refractivity contribution < 1.29 is 4.92 Å². The van der Waals surface area contributed by atoms with E-state index in [4.69, 9.17) is 5.73 Å². The van der Waals surface area contributed by atoms with Gasteiger partial charge in [-0.2, -0.15) is 4.98 Å². The van der Waals surface area contributed by atoms with Crippen LogP contribution in [0.5, 0.6) is 0 Å². The number of nitrogens with zero attached hydrogens (tertiary/aromatic N) is 3. The van der Waals surface area contributed by atoms with Gasteiger partial charge < -0.3 is 11.1 Å². The Labute approximate surface area is 98.6 Å². The number of nitro groups is 1. The monoisotopic (exact) mass is 237 g/mol. The van der Waals surface area contributed by atoms with Gasteiger partial charge in [0.25, 0.3) is 0 Å². The average Bonchev–Trinajstić information content (AvgIpc) is 2.30. The normalized spacial score (nSPS) is 16.7. The first-order valence-electron chi connectivity index (χ1n) is 5.70. The Morgan fingerprint density at radius 1 is 1.41 bits per heavy atom. The van der Waals surface area contributed by atoms with Crippen LogP contribution in [0.2, 0.25) is 0 Å². The Morgan fingerprint density at radius 3 is 2.71 bits per heavy atom. The summed E-state index contributed by atoms with van der Waals surface area (Å²) in [6.07, 6.45) is 6.97. The lowest BCUT2D eigenvalue weighted by molar-refractivity contribution is -0.384. The first-order valence-corrected chi connectivity index (χ1v) is 5.70. The van der Waals surface area contributed by atoms with E-state index in [2.05, 4.69) is 15.3 Å². The van der Waals surface area contributed by atoms with Gasteiger partial charge in [0.1, 0.15) is 6.20 Å². The molecule has 1 heterocycles. The molecular weight excluding hydrogens is 222 g/mol. The summed E-state index contributed by atoms with van der Waals surface area (Å²) in [5, 5.41) is 13.7. The van der Waals surface area contributed by atoms with E-state index in [1.54, 1.807) is 0 Å². The molecule has 1 fully saturated rings. The Hall–Kier alpha value is -1.92. The van der Waals surface area contributed by atoms with E-state index in [1.165, 1.54) is 19.3 Å². The second-order valence-electron chi connectivity index (χ2n) is 4.20. The van der Waals surface area contributed by atoms with E-state index in [-0.39, 0.29) is 11.5 Å². The van der Waals surface area contributed by atoms with Crippen LogP contribution in [-0.4, -0.2) is 20.9 Å². The van der Waals surface area contributed by atoms with Crippen molar-refractivity contribution >= 4 is 17.5 Å². The minimum atomic E-state index is -0.584. The molecule has 1 aromatic rings. The third kappa shape index (κ3) is 2.80. The molecule has 7 heteroatoms. The van der Waals surface area contributed by atoms with Crippen molar-refractivity contribution in [3.63, 3.8) is 0 Å². The lowest BCUT2D eigenvalue weighted by Gasteiger charge is -2.22. The van der Waals surface area contributed by atoms with Crippen LogP contribution in [0.25, 0.3) is 0 Å². The Bertz CT molecular complexity index is 417. The van der Waals surface area contributed by atoms with Crippen molar-refractivity contribution in [2.45, 2.75) is 38.1 Å². The fraction of sp³-hybridized carbons (Fsp3) is 0.600. The van der Waals surface area contributed by atoms with Gasteiger partial charge in [0.05, 0.1) is 4.92 Å². The largest absolute Gasteiger partial charge is 0.378 e. The zero-order valence-electron chi connectivity index (χ0n) is 9.43. The molecule has 0 unspecified atom stereocenters. The highest BCUT2D eigenvalue weighted by Crippen LogP contribution is 2.22. The molecule has 1 saturated carbocycles. The fourth-order valence-electron chi connectivity index (χ4n) is 2.03. The smallest absolute Gasteiger partial charge is 0.329 e. The van der Waals surface area contributed by atoms with Crippen molar-refractivity contribution in [1.82, 2.24) is 9.97 Å². The molecule has 92 valence electrons. The van der Waals surface area contributed by atoms with Gasteiger partial charge in [0, 0.05) is 6.04 Å². The standard InChI is InChI=1S/C10H15N5O2/c11-9-8(15(16)17)6-12-10(14-9)13-7-4-2-1-3-5-7/h6-7H,1-5H2,(H3,11,12,13,14).